The van der Waals surface area contributed by atoms with E-state index in [0.29, 0.717) is 5.69 Å². The lowest BCUT2D eigenvalue weighted by Gasteiger charge is -2.29. The number of aryl methyl sites for hydroxylation is 2. The van der Waals surface area contributed by atoms with Gasteiger partial charge in [0, 0.05) is 6.04 Å². The predicted molar refractivity (Wildman–Crippen MR) is 110 cm³/mol. The molecule has 7 nitrogen and oxygen atoms in total. The van der Waals surface area contributed by atoms with Crippen LogP contribution in [0.1, 0.15) is 29.7 Å². The summed E-state index contributed by atoms with van der Waals surface area (Å²) in [4.78, 5) is 40.2. The van der Waals surface area contributed by atoms with Gasteiger partial charge in [-0.3, -0.25) is 19.7 Å². The summed E-state index contributed by atoms with van der Waals surface area (Å²) in [5.41, 5.74) is 1.17. The van der Waals surface area contributed by atoms with Crippen molar-refractivity contribution in [2.75, 3.05) is 11.5 Å². The molecule has 4 atom stereocenters. The molecule has 156 valence electrons. The molecule has 2 heterocycles. The van der Waals surface area contributed by atoms with Gasteiger partial charge in [0.25, 0.3) is 0 Å². The maximum absolute atomic E-state index is 13.5. The lowest BCUT2D eigenvalue weighted by atomic mass is 9.79. The number of benzene rings is 2. The van der Waals surface area contributed by atoms with E-state index in [1.54, 1.807) is 18.2 Å². The Morgan fingerprint density at radius 3 is 2.33 bits per heavy atom. The number of carbonyl (C=O) groups excluding carboxylic acids is 2. The van der Waals surface area contributed by atoms with E-state index in [1.165, 1.54) is 0 Å². The SMILES string of the molecule is CCc1ccc(N2C(=O)C3C(c4ccccc4C)NC(CO)(C(=O)O)C3C2=O)cc1. The van der Waals surface area contributed by atoms with Gasteiger partial charge in [0.15, 0.2) is 5.54 Å². The van der Waals surface area contributed by atoms with Crippen molar-refractivity contribution in [1.29, 1.82) is 0 Å². The lowest BCUT2D eigenvalue weighted by molar-refractivity contribution is -0.150. The fraction of sp³-hybridized carbons (Fsp3) is 0.348. The molecule has 2 aromatic rings. The van der Waals surface area contributed by atoms with Crippen molar-refractivity contribution in [3.63, 3.8) is 0 Å². The highest BCUT2D eigenvalue weighted by Gasteiger charge is 2.68. The van der Waals surface area contributed by atoms with E-state index in [-0.39, 0.29) is 0 Å². The van der Waals surface area contributed by atoms with Crippen LogP contribution in [-0.2, 0) is 20.8 Å². The maximum atomic E-state index is 13.5. The fourth-order valence-corrected chi connectivity index (χ4v) is 4.75. The van der Waals surface area contributed by atoms with Gasteiger partial charge < -0.3 is 10.2 Å². The minimum absolute atomic E-state index is 0.414. The molecule has 0 radical (unpaired) electrons. The molecule has 4 rings (SSSR count). The molecular formula is C23H24N2O5. The van der Waals surface area contributed by atoms with Gasteiger partial charge in [-0.25, -0.2) is 4.90 Å². The highest BCUT2D eigenvalue weighted by Crippen LogP contribution is 2.50. The molecule has 2 aliphatic heterocycles. The summed E-state index contributed by atoms with van der Waals surface area (Å²) in [5.74, 6) is -4.53. The van der Waals surface area contributed by atoms with Crippen LogP contribution in [-0.4, -0.2) is 40.1 Å². The standard InChI is InChI=1S/C23H24N2O5/c1-3-14-8-10-15(11-9-14)25-20(27)17-18(21(25)28)23(12-26,22(29)30)24-19(17)16-7-5-4-6-13(16)2/h4-11,17-19,24,26H,3,12H2,1-2H3,(H,29,30). The highest BCUT2D eigenvalue weighted by atomic mass is 16.4. The van der Waals surface area contributed by atoms with Gasteiger partial charge in [-0.05, 0) is 42.2 Å². The maximum Gasteiger partial charge on any atom is 0.327 e. The number of fused-ring (bicyclic) bond motifs is 1. The molecule has 4 unspecified atom stereocenters. The summed E-state index contributed by atoms with van der Waals surface area (Å²) in [6.07, 6.45) is 0.819. The van der Waals surface area contributed by atoms with E-state index in [9.17, 15) is 24.6 Å². The minimum atomic E-state index is -1.93. The van der Waals surface area contributed by atoms with Crippen LogP contribution in [0.2, 0.25) is 0 Å². The molecule has 0 saturated carbocycles. The number of carbonyl (C=O) groups is 3. The summed E-state index contributed by atoms with van der Waals surface area (Å²) >= 11 is 0. The van der Waals surface area contributed by atoms with Crippen LogP contribution in [0, 0.1) is 18.8 Å². The Labute approximate surface area is 174 Å². The first-order valence-electron chi connectivity index (χ1n) is 10.00. The van der Waals surface area contributed by atoms with Crippen LogP contribution < -0.4 is 10.2 Å². The second-order valence-corrected chi connectivity index (χ2v) is 7.95. The second-order valence-electron chi connectivity index (χ2n) is 7.95. The number of hydrogen-bond acceptors (Lipinski definition) is 5. The van der Waals surface area contributed by atoms with Gasteiger partial charge in [-0.2, -0.15) is 0 Å². The second kappa shape index (κ2) is 7.34. The van der Waals surface area contributed by atoms with Crippen molar-refractivity contribution in [2.45, 2.75) is 31.8 Å². The highest BCUT2D eigenvalue weighted by molar-refractivity contribution is 6.24. The van der Waals surface area contributed by atoms with Crippen LogP contribution in [0.15, 0.2) is 48.5 Å². The van der Waals surface area contributed by atoms with E-state index >= 15 is 0 Å². The Balaban J connectivity index is 1.84. The average molecular weight is 408 g/mol. The topological polar surface area (TPSA) is 107 Å². The zero-order valence-corrected chi connectivity index (χ0v) is 16.8. The molecule has 0 bridgehead atoms. The number of carboxylic acids is 1. The van der Waals surface area contributed by atoms with Gasteiger partial charge in [0.2, 0.25) is 11.8 Å². The summed E-state index contributed by atoms with van der Waals surface area (Å²) in [7, 11) is 0. The number of nitrogens with zero attached hydrogens (tertiary/aromatic N) is 1. The predicted octanol–water partition coefficient (Wildman–Crippen LogP) is 1.82. The van der Waals surface area contributed by atoms with Gasteiger partial charge in [0.1, 0.15) is 0 Å². The molecule has 2 amide bonds. The molecule has 0 aromatic heterocycles. The van der Waals surface area contributed by atoms with Crippen molar-refractivity contribution in [3.8, 4) is 0 Å². The summed E-state index contributed by atoms with van der Waals surface area (Å²) in [6.45, 7) is 3.08. The van der Waals surface area contributed by atoms with Crippen LogP contribution in [0.4, 0.5) is 5.69 Å². The first-order valence-corrected chi connectivity index (χ1v) is 10.00. The van der Waals surface area contributed by atoms with Crippen LogP contribution in [0.3, 0.4) is 0 Å². The molecule has 3 N–H and O–H groups in total. The zero-order chi connectivity index (χ0) is 21.6. The minimum Gasteiger partial charge on any atom is -0.480 e. The molecule has 2 aliphatic rings. The Morgan fingerprint density at radius 1 is 1.10 bits per heavy atom. The summed E-state index contributed by atoms with van der Waals surface area (Å²) in [5, 5.41) is 23.0. The first-order chi connectivity index (χ1) is 14.4. The van der Waals surface area contributed by atoms with Crippen molar-refractivity contribution < 1.29 is 24.6 Å². The van der Waals surface area contributed by atoms with Crippen LogP contribution >= 0.6 is 0 Å². The third-order valence-corrected chi connectivity index (χ3v) is 6.41. The van der Waals surface area contributed by atoms with Gasteiger partial charge in [0.05, 0.1) is 24.1 Å². The number of nitrogens with one attached hydrogen (secondary N) is 1. The van der Waals surface area contributed by atoms with Gasteiger partial charge >= 0.3 is 5.97 Å². The van der Waals surface area contributed by atoms with E-state index in [4.69, 9.17) is 0 Å². The van der Waals surface area contributed by atoms with E-state index in [0.717, 1.165) is 28.0 Å². The third-order valence-electron chi connectivity index (χ3n) is 6.41. The Morgan fingerprint density at radius 2 is 1.77 bits per heavy atom. The summed E-state index contributed by atoms with van der Waals surface area (Å²) < 4.78 is 0. The van der Waals surface area contributed by atoms with Crippen LogP contribution in [0.25, 0.3) is 0 Å². The molecule has 2 saturated heterocycles. The van der Waals surface area contributed by atoms with Gasteiger partial charge in [-0.1, -0.05) is 43.3 Å². The molecule has 2 aromatic carbocycles. The van der Waals surface area contributed by atoms with Crippen molar-refractivity contribution in [2.24, 2.45) is 11.8 Å². The normalized spacial score (nSPS) is 28.1. The largest absolute Gasteiger partial charge is 0.480 e. The molecule has 7 heteroatoms. The van der Waals surface area contributed by atoms with E-state index < -0.39 is 47.8 Å². The van der Waals surface area contributed by atoms with Crippen molar-refractivity contribution >= 4 is 23.5 Å². The third kappa shape index (κ3) is 2.77. The number of imide groups is 1. The lowest BCUT2D eigenvalue weighted by Crippen LogP contribution is -2.58. The number of amides is 2. The number of hydrogen-bond donors (Lipinski definition) is 3. The molecule has 0 aliphatic carbocycles. The number of aliphatic hydroxyl groups is 1. The fourth-order valence-electron chi connectivity index (χ4n) is 4.75. The number of anilines is 1. The Bertz CT molecular complexity index is 1020. The Hall–Kier alpha value is -3.03. The number of rotatable bonds is 5. The number of carboxylic acid groups (broad SMARTS) is 1. The molecule has 2 fully saturated rings. The van der Waals surface area contributed by atoms with Crippen molar-refractivity contribution in [3.05, 3.63) is 65.2 Å². The van der Waals surface area contributed by atoms with Crippen LogP contribution in [0.5, 0.6) is 0 Å². The molecule has 30 heavy (non-hydrogen) atoms. The number of aliphatic hydroxyl groups excluding tert-OH is 1. The average Bonchev–Trinajstić information content (AvgIpc) is 3.23. The monoisotopic (exact) mass is 408 g/mol. The molecular weight excluding hydrogens is 384 g/mol. The number of aliphatic carboxylic acids is 1. The summed E-state index contributed by atoms with van der Waals surface area (Å²) in [6, 6.07) is 13.7. The van der Waals surface area contributed by atoms with Gasteiger partial charge in [-0.15, -0.1) is 0 Å². The Kier molecular flexibility index (Phi) is 4.95. The first kappa shape index (κ1) is 20.3. The quantitative estimate of drug-likeness (QED) is 0.652. The smallest absolute Gasteiger partial charge is 0.327 e. The zero-order valence-electron chi connectivity index (χ0n) is 16.8. The molecule has 0 spiro atoms. The van der Waals surface area contributed by atoms with Crippen molar-refractivity contribution in [1.82, 2.24) is 5.32 Å². The van der Waals surface area contributed by atoms with E-state index in [2.05, 4.69) is 5.32 Å². The van der Waals surface area contributed by atoms with E-state index in [1.807, 2.05) is 44.2 Å².